The van der Waals surface area contributed by atoms with Crippen LogP contribution < -0.4 is 5.32 Å². The van der Waals surface area contributed by atoms with Crippen LogP contribution in [0.25, 0.3) is 0 Å². The van der Waals surface area contributed by atoms with E-state index in [9.17, 15) is 0 Å². The molecule has 0 amide bonds. The van der Waals surface area contributed by atoms with Gasteiger partial charge in [-0.15, -0.1) is 0 Å². The van der Waals surface area contributed by atoms with Crippen molar-refractivity contribution in [2.24, 2.45) is 0 Å². The highest BCUT2D eigenvalue weighted by atomic mass is 127. The normalized spacial score (nSPS) is 22.2. The first-order valence-electron chi connectivity index (χ1n) is 4.77. The quantitative estimate of drug-likeness (QED) is 0.783. The molecular formula is C11H14IN. The topological polar surface area (TPSA) is 12.0 Å². The fraction of sp³-hybridized carbons (Fsp3) is 0.455. The third-order valence-electron chi connectivity index (χ3n) is 2.59. The summed E-state index contributed by atoms with van der Waals surface area (Å²) in [6, 6.07) is 7.31. The maximum atomic E-state index is 3.54. The van der Waals surface area contributed by atoms with Crippen molar-refractivity contribution in [3.05, 3.63) is 32.9 Å². The molecule has 1 aromatic carbocycles. The first kappa shape index (κ1) is 9.46. The van der Waals surface area contributed by atoms with Crippen molar-refractivity contribution in [1.29, 1.82) is 0 Å². The molecule has 0 radical (unpaired) electrons. The molecule has 0 aromatic heterocycles. The average molecular weight is 287 g/mol. The van der Waals surface area contributed by atoms with E-state index in [0.717, 1.165) is 0 Å². The van der Waals surface area contributed by atoms with Crippen LogP contribution in [-0.4, -0.2) is 6.54 Å². The molecular weight excluding hydrogens is 273 g/mol. The Morgan fingerprint density at radius 2 is 2.31 bits per heavy atom. The molecule has 1 atom stereocenters. The van der Waals surface area contributed by atoms with Crippen molar-refractivity contribution >= 4 is 22.6 Å². The van der Waals surface area contributed by atoms with Gasteiger partial charge in [0.1, 0.15) is 0 Å². The third kappa shape index (κ3) is 2.05. The summed E-state index contributed by atoms with van der Waals surface area (Å²) in [7, 11) is 0. The molecule has 1 N–H and O–H groups in total. The molecule has 1 nitrogen and oxygen atoms in total. The number of nitrogens with one attached hydrogen (secondary N) is 1. The molecule has 1 aromatic rings. The molecule has 70 valence electrons. The van der Waals surface area contributed by atoms with E-state index in [4.69, 9.17) is 0 Å². The monoisotopic (exact) mass is 287 g/mol. The van der Waals surface area contributed by atoms with E-state index in [-0.39, 0.29) is 0 Å². The van der Waals surface area contributed by atoms with Crippen LogP contribution in [0.15, 0.2) is 18.2 Å². The van der Waals surface area contributed by atoms with E-state index >= 15 is 0 Å². The number of rotatable bonds is 1. The van der Waals surface area contributed by atoms with E-state index < -0.39 is 0 Å². The van der Waals surface area contributed by atoms with Crippen LogP contribution in [-0.2, 0) is 0 Å². The number of hydrogen-bond donors (Lipinski definition) is 1. The van der Waals surface area contributed by atoms with Crippen LogP contribution in [0.3, 0.4) is 0 Å². The molecule has 0 bridgehead atoms. The van der Waals surface area contributed by atoms with E-state index in [1.165, 1.54) is 34.1 Å². The first-order chi connectivity index (χ1) is 6.27. The Hall–Kier alpha value is -0.0900. The average Bonchev–Trinajstić information content (AvgIpc) is 2.61. The minimum atomic E-state index is 0.604. The van der Waals surface area contributed by atoms with Gasteiger partial charge in [-0.3, -0.25) is 0 Å². The molecule has 2 rings (SSSR count). The molecule has 1 aliphatic rings. The zero-order chi connectivity index (χ0) is 9.26. The Morgan fingerprint density at radius 1 is 1.46 bits per heavy atom. The van der Waals surface area contributed by atoms with Crippen molar-refractivity contribution < 1.29 is 0 Å². The van der Waals surface area contributed by atoms with Gasteiger partial charge < -0.3 is 5.32 Å². The molecule has 0 spiro atoms. The second kappa shape index (κ2) is 3.96. The number of benzene rings is 1. The van der Waals surface area contributed by atoms with Gasteiger partial charge in [0.2, 0.25) is 0 Å². The van der Waals surface area contributed by atoms with Crippen LogP contribution in [0.4, 0.5) is 0 Å². The summed E-state index contributed by atoms with van der Waals surface area (Å²) in [4.78, 5) is 0. The molecule has 0 unspecified atom stereocenters. The van der Waals surface area contributed by atoms with Gasteiger partial charge in [-0.1, -0.05) is 17.7 Å². The summed E-state index contributed by atoms with van der Waals surface area (Å²) < 4.78 is 1.39. The number of halogens is 1. The molecule has 0 aliphatic carbocycles. The SMILES string of the molecule is Cc1ccc(I)c([C@H]2CCCN2)c1. The van der Waals surface area contributed by atoms with Crippen molar-refractivity contribution in [3.63, 3.8) is 0 Å². The zero-order valence-electron chi connectivity index (χ0n) is 7.81. The van der Waals surface area contributed by atoms with Gasteiger partial charge in [-0.2, -0.15) is 0 Å². The van der Waals surface area contributed by atoms with Gasteiger partial charge >= 0.3 is 0 Å². The van der Waals surface area contributed by atoms with E-state index in [2.05, 4.69) is 53.0 Å². The molecule has 2 heteroatoms. The van der Waals surface area contributed by atoms with Crippen molar-refractivity contribution in [3.8, 4) is 0 Å². The van der Waals surface area contributed by atoms with E-state index in [1.54, 1.807) is 0 Å². The van der Waals surface area contributed by atoms with Gasteiger partial charge in [0.25, 0.3) is 0 Å². The van der Waals surface area contributed by atoms with Gasteiger partial charge in [-0.05, 0) is 60.5 Å². The molecule has 1 aliphatic heterocycles. The predicted molar refractivity (Wildman–Crippen MR) is 63.9 cm³/mol. The number of aryl methyl sites for hydroxylation is 1. The Kier molecular flexibility index (Phi) is 2.89. The lowest BCUT2D eigenvalue weighted by Gasteiger charge is -2.13. The summed E-state index contributed by atoms with van der Waals surface area (Å²) in [6.07, 6.45) is 2.61. The molecule has 1 saturated heterocycles. The molecule has 1 heterocycles. The van der Waals surface area contributed by atoms with Gasteiger partial charge in [0.05, 0.1) is 0 Å². The van der Waals surface area contributed by atoms with Crippen LogP contribution in [0.2, 0.25) is 0 Å². The minimum Gasteiger partial charge on any atom is -0.310 e. The van der Waals surface area contributed by atoms with Crippen LogP contribution >= 0.6 is 22.6 Å². The summed E-state index contributed by atoms with van der Waals surface area (Å²) >= 11 is 2.43. The highest BCUT2D eigenvalue weighted by Gasteiger charge is 2.17. The van der Waals surface area contributed by atoms with Gasteiger partial charge in [0, 0.05) is 9.61 Å². The largest absolute Gasteiger partial charge is 0.310 e. The second-order valence-electron chi connectivity index (χ2n) is 3.67. The Bertz CT molecular complexity index is 303. The smallest absolute Gasteiger partial charge is 0.0331 e. The van der Waals surface area contributed by atoms with Crippen molar-refractivity contribution in [2.75, 3.05) is 6.54 Å². The zero-order valence-corrected chi connectivity index (χ0v) is 9.97. The summed E-state index contributed by atoms with van der Waals surface area (Å²) in [6.45, 7) is 3.34. The van der Waals surface area contributed by atoms with Crippen LogP contribution in [0.5, 0.6) is 0 Å². The molecule has 13 heavy (non-hydrogen) atoms. The van der Waals surface area contributed by atoms with E-state index in [0.29, 0.717) is 6.04 Å². The first-order valence-corrected chi connectivity index (χ1v) is 5.84. The lowest BCUT2D eigenvalue weighted by Crippen LogP contribution is -2.14. The Balaban J connectivity index is 2.32. The van der Waals surface area contributed by atoms with Crippen LogP contribution in [0, 0.1) is 10.5 Å². The molecule has 0 saturated carbocycles. The highest BCUT2D eigenvalue weighted by Crippen LogP contribution is 2.27. The minimum absolute atomic E-state index is 0.604. The second-order valence-corrected chi connectivity index (χ2v) is 4.84. The number of hydrogen-bond acceptors (Lipinski definition) is 1. The summed E-state index contributed by atoms with van der Waals surface area (Å²) in [5.74, 6) is 0. The third-order valence-corrected chi connectivity index (χ3v) is 3.57. The Morgan fingerprint density at radius 3 is 3.00 bits per heavy atom. The standard InChI is InChI=1S/C11H14IN/c1-8-4-5-10(12)9(7-8)11-3-2-6-13-11/h4-5,7,11,13H,2-3,6H2,1H3/t11-/m1/s1. The lowest BCUT2D eigenvalue weighted by atomic mass is 10.0. The fourth-order valence-corrected chi connectivity index (χ4v) is 2.59. The predicted octanol–water partition coefficient (Wildman–Crippen LogP) is 3.02. The fourth-order valence-electron chi connectivity index (χ4n) is 1.88. The summed E-state index contributed by atoms with van der Waals surface area (Å²) in [5, 5.41) is 3.54. The van der Waals surface area contributed by atoms with Crippen molar-refractivity contribution in [2.45, 2.75) is 25.8 Å². The van der Waals surface area contributed by atoms with Crippen molar-refractivity contribution in [1.82, 2.24) is 5.32 Å². The summed E-state index contributed by atoms with van der Waals surface area (Å²) in [5.41, 5.74) is 2.85. The van der Waals surface area contributed by atoms with Crippen LogP contribution in [0.1, 0.15) is 30.0 Å². The maximum Gasteiger partial charge on any atom is 0.0331 e. The lowest BCUT2D eigenvalue weighted by molar-refractivity contribution is 0.644. The maximum absolute atomic E-state index is 3.54. The highest BCUT2D eigenvalue weighted by molar-refractivity contribution is 14.1. The van der Waals surface area contributed by atoms with Gasteiger partial charge in [-0.25, -0.2) is 0 Å². The Labute approximate surface area is 93.1 Å². The van der Waals surface area contributed by atoms with E-state index in [1.807, 2.05) is 0 Å². The molecule has 1 fully saturated rings. The van der Waals surface area contributed by atoms with Gasteiger partial charge in [0.15, 0.2) is 0 Å².